The van der Waals surface area contributed by atoms with E-state index in [-0.39, 0.29) is 41.9 Å². The van der Waals surface area contributed by atoms with Gasteiger partial charge in [0.15, 0.2) is 9.84 Å². The predicted octanol–water partition coefficient (Wildman–Crippen LogP) is 2.57. The molecule has 2 saturated heterocycles. The SMILES string of the molecule is O=C1CCCN1c1ccccc1NCC(=O)N(C1CCCCC1)[C@H]1CCS(=O)(=O)C1. The summed E-state index contributed by atoms with van der Waals surface area (Å²) in [5.74, 6) is 0.303. The molecule has 0 spiro atoms. The minimum Gasteiger partial charge on any atom is -0.374 e. The Labute approximate surface area is 178 Å². The number of nitrogens with one attached hydrogen (secondary N) is 1. The van der Waals surface area contributed by atoms with Gasteiger partial charge >= 0.3 is 0 Å². The van der Waals surface area contributed by atoms with Gasteiger partial charge in [-0.15, -0.1) is 0 Å². The molecule has 2 aliphatic heterocycles. The highest BCUT2D eigenvalue weighted by Crippen LogP contribution is 2.31. The van der Waals surface area contributed by atoms with Gasteiger partial charge < -0.3 is 15.1 Å². The van der Waals surface area contributed by atoms with Crippen LogP contribution in [0.25, 0.3) is 0 Å². The van der Waals surface area contributed by atoms with Crippen LogP contribution in [0.15, 0.2) is 24.3 Å². The van der Waals surface area contributed by atoms with Crippen molar-refractivity contribution < 1.29 is 18.0 Å². The first-order valence-corrected chi connectivity index (χ1v) is 12.9. The fourth-order valence-electron chi connectivity index (χ4n) is 5.08. The number of sulfone groups is 1. The number of nitrogens with zero attached hydrogens (tertiary/aromatic N) is 2. The molecule has 0 bridgehead atoms. The third kappa shape index (κ3) is 4.63. The van der Waals surface area contributed by atoms with Crippen molar-refractivity contribution in [3.63, 3.8) is 0 Å². The van der Waals surface area contributed by atoms with Crippen molar-refractivity contribution in [3.8, 4) is 0 Å². The summed E-state index contributed by atoms with van der Waals surface area (Å²) in [6.07, 6.45) is 7.17. The predicted molar refractivity (Wildman–Crippen MR) is 117 cm³/mol. The van der Waals surface area contributed by atoms with Crippen molar-refractivity contribution in [3.05, 3.63) is 24.3 Å². The van der Waals surface area contributed by atoms with Crippen LogP contribution in [0.4, 0.5) is 11.4 Å². The van der Waals surface area contributed by atoms with Crippen molar-refractivity contribution in [1.29, 1.82) is 0 Å². The molecular weight excluding hydrogens is 402 g/mol. The van der Waals surface area contributed by atoms with Crippen LogP contribution in [0.3, 0.4) is 0 Å². The average molecular weight is 434 g/mol. The Morgan fingerprint density at radius 3 is 2.50 bits per heavy atom. The largest absolute Gasteiger partial charge is 0.374 e. The van der Waals surface area contributed by atoms with E-state index in [4.69, 9.17) is 0 Å². The quantitative estimate of drug-likeness (QED) is 0.745. The van der Waals surface area contributed by atoms with Gasteiger partial charge in [-0.25, -0.2) is 8.42 Å². The zero-order chi connectivity index (χ0) is 21.1. The fraction of sp³-hybridized carbons (Fsp3) is 0.636. The van der Waals surface area contributed by atoms with Gasteiger partial charge in [0, 0.05) is 25.0 Å². The highest BCUT2D eigenvalue weighted by Gasteiger charge is 2.38. The fourth-order valence-corrected chi connectivity index (χ4v) is 6.79. The van der Waals surface area contributed by atoms with Crippen LogP contribution in [0, 0.1) is 0 Å². The molecule has 0 aromatic heterocycles. The van der Waals surface area contributed by atoms with Crippen LogP contribution >= 0.6 is 0 Å². The highest BCUT2D eigenvalue weighted by molar-refractivity contribution is 7.91. The number of anilines is 2. The van der Waals surface area contributed by atoms with Crippen LogP contribution in [0.1, 0.15) is 51.4 Å². The molecule has 1 saturated carbocycles. The first kappa shape index (κ1) is 21.2. The number of para-hydroxylation sites is 2. The second kappa shape index (κ2) is 8.96. The van der Waals surface area contributed by atoms with Crippen molar-refractivity contribution in [2.45, 2.75) is 63.5 Å². The van der Waals surface area contributed by atoms with E-state index in [2.05, 4.69) is 5.32 Å². The maximum absolute atomic E-state index is 13.3. The summed E-state index contributed by atoms with van der Waals surface area (Å²) in [7, 11) is -3.06. The van der Waals surface area contributed by atoms with Gasteiger partial charge in [-0.3, -0.25) is 9.59 Å². The van der Waals surface area contributed by atoms with Crippen molar-refractivity contribution in [2.75, 3.05) is 34.8 Å². The van der Waals surface area contributed by atoms with Crippen LogP contribution in [-0.4, -0.2) is 61.8 Å². The topological polar surface area (TPSA) is 86.8 Å². The molecule has 1 aromatic carbocycles. The Balaban J connectivity index is 1.49. The van der Waals surface area contributed by atoms with Gasteiger partial charge in [0.1, 0.15) is 0 Å². The summed E-state index contributed by atoms with van der Waals surface area (Å²) in [5, 5.41) is 3.24. The smallest absolute Gasteiger partial charge is 0.242 e. The van der Waals surface area contributed by atoms with E-state index in [9.17, 15) is 18.0 Å². The molecule has 8 heteroatoms. The summed E-state index contributed by atoms with van der Waals surface area (Å²) in [4.78, 5) is 29.1. The summed E-state index contributed by atoms with van der Waals surface area (Å²) < 4.78 is 24.1. The van der Waals surface area contributed by atoms with Crippen LogP contribution in [0.2, 0.25) is 0 Å². The van der Waals surface area contributed by atoms with Crippen LogP contribution in [-0.2, 0) is 19.4 Å². The van der Waals surface area contributed by atoms with Crippen LogP contribution in [0.5, 0.6) is 0 Å². The van der Waals surface area contributed by atoms with Crippen molar-refractivity contribution in [2.24, 2.45) is 0 Å². The van der Waals surface area contributed by atoms with Gasteiger partial charge in [-0.2, -0.15) is 0 Å². The number of carbonyl (C=O) groups is 2. The zero-order valence-corrected chi connectivity index (χ0v) is 18.2. The van der Waals surface area contributed by atoms with Gasteiger partial charge in [0.2, 0.25) is 11.8 Å². The number of hydrogen-bond acceptors (Lipinski definition) is 5. The summed E-state index contributed by atoms with van der Waals surface area (Å²) >= 11 is 0. The molecule has 1 N–H and O–H groups in total. The molecule has 1 aromatic rings. The zero-order valence-electron chi connectivity index (χ0n) is 17.4. The lowest BCUT2D eigenvalue weighted by molar-refractivity contribution is -0.134. The lowest BCUT2D eigenvalue weighted by Gasteiger charge is -2.38. The number of hydrogen-bond donors (Lipinski definition) is 1. The molecule has 2 heterocycles. The Bertz CT molecular complexity index is 895. The van der Waals surface area contributed by atoms with E-state index in [1.165, 1.54) is 6.42 Å². The second-order valence-corrected chi connectivity index (χ2v) is 10.9. The Morgan fingerprint density at radius 1 is 1.07 bits per heavy atom. The van der Waals surface area contributed by atoms with E-state index in [0.717, 1.165) is 43.5 Å². The molecule has 4 rings (SSSR count). The van der Waals surface area contributed by atoms with E-state index < -0.39 is 9.84 Å². The average Bonchev–Trinajstić information content (AvgIpc) is 3.32. The molecule has 0 radical (unpaired) electrons. The number of carbonyl (C=O) groups excluding carboxylic acids is 2. The Kier molecular flexibility index (Phi) is 6.32. The lowest BCUT2D eigenvalue weighted by atomic mass is 9.93. The molecule has 7 nitrogen and oxygen atoms in total. The monoisotopic (exact) mass is 433 g/mol. The summed E-state index contributed by atoms with van der Waals surface area (Å²) in [6.45, 7) is 0.797. The Hall–Kier alpha value is -2.09. The third-order valence-corrected chi connectivity index (χ3v) is 8.31. The maximum Gasteiger partial charge on any atom is 0.242 e. The molecule has 2 amide bonds. The maximum atomic E-state index is 13.3. The minimum absolute atomic E-state index is 0.0495. The number of benzene rings is 1. The van der Waals surface area contributed by atoms with E-state index in [1.807, 2.05) is 29.2 Å². The Morgan fingerprint density at radius 2 is 1.83 bits per heavy atom. The van der Waals surface area contributed by atoms with E-state index in [0.29, 0.717) is 19.4 Å². The molecule has 164 valence electrons. The first-order chi connectivity index (χ1) is 14.4. The molecule has 1 aliphatic carbocycles. The van der Waals surface area contributed by atoms with Gasteiger partial charge in [0.05, 0.1) is 29.4 Å². The number of amides is 2. The standard InChI is InChI=1S/C22H31N3O4S/c26-21-11-6-13-24(21)20-10-5-4-9-19(20)23-15-22(27)25(17-7-2-1-3-8-17)18-12-14-30(28,29)16-18/h4-5,9-10,17-18,23H,1-3,6-8,11-16H2/t18-/m0/s1. The molecule has 0 unspecified atom stereocenters. The van der Waals surface area contributed by atoms with Crippen molar-refractivity contribution in [1.82, 2.24) is 4.90 Å². The van der Waals surface area contributed by atoms with E-state index >= 15 is 0 Å². The second-order valence-electron chi connectivity index (χ2n) is 8.67. The highest BCUT2D eigenvalue weighted by atomic mass is 32.2. The lowest BCUT2D eigenvalue weighted by Crippen LogP contribution is -2.50. The van der Waals surface area contributed by atoms with Gasteiger partial charge in [-0.05, 0) is 37.8 Å². The van der Waals surface area contributed by atoms with E-state index in [1.54, 1.807) is 4.90 Å². The normalized spacial score (nSPS) is 24.2. The van der Waals surface area contributed by atoms with Crippen molar-refractivity contribution >= 4 is 33.0 Å². The molecule has 3 aliphatic rings. The minimum atomic E-state index is -3.06. The molecular formula is C22H31N3O4S. The number of rotatable bonds is 6. The van der Waals surface area contributed by atoms with Gasteiger partial charge in [-0.1, -0.05) is 31.4 Å². The molecule has 3 fully saturated rings. The molecule has 30 heavy (non-hydrogen) atoms. The summed E-state index contributed by atoms with van der Waals surface area (Å²) in [6, 6.07) is 7.48. The third-order valence-electron chi connectivity index (χ3n) is 6.56. The van der Waals surface area contributed by atoms with Crippen LogP contribution < -0.4 is 10.2 Å². The summed E-state index contributed by atoms with van der Waals surface area (Å²) in [5.41, 5.74) is 1.57. The first-order valence-electron chi connectivity index (χ1n) is 11.1. The molecule has 1 atom stereocenters. The van der Waals surface area contributed by atoms with Gasteiger partial charge in [0.25, 0.3) is 0 Å².